The lowest BCUT2D eigenvalue weighted by Gasteiger charge is -2.07. The summed E-state index contributed by atoms with van der Waals surface area (Å²) in [5.41, 5.74) is 5.70. The molecule has 0 aliphatic heterocycles. The number of nitrogens with two attached hydrogens (primary N) is 1. The van der Waals surface area contributed by atoms with Gasteiger partial charge in [-0.15, -0.1) is 12.4 Å². The Morgan fingerprint density at radius 3 is 2.43 bits per heavy atom. The molecular weight excluding hydrogens is 337 g/mol. The Kier molecular flexibility index (Phi) is 10.2. The van der Waals surface area contributed by atoms with Crippen LogP contribution >= 0.6 is 35.6 Å². The number of unbranched alkanes of at least 4 members (excludes halogenated alkanes) is 1. The molecule has 0 spiro atoms. The second-order valence-corrected chi connectivity index (χ2v) is 4.97. The van der Waals surface area contributed by atoms with E-state index in [4.69, 9.17) is 28.9 Å². The van der Waals surface area contributed by atoms with E-state index in [2.05, 4.69) is 10.6 Å². The summed E-state index contributed by atoms with van der Waals surface area (Å²) < 4.78 is 0. The van der Waals surface area contributed by atoms with Gasteiger partial charge in [0.2, 0.25) is 5.91 Å². The van der Waals surface area contributed by atoms with Crippen LogP contribution in [0.2, 0.25) is 10.0 Å². The fourth-order valence-corrected chi connectivity index (χ4v) is 1.76. The molecule has 0 unspecified atom stereocenters. The van der Waals surface area contributed by atoms with Gasteiger partial charge in [0.05, 0.1) is 16.6 Å². The minimum absolute atomic E-state index is 0. The molecular formula is C13H18Cl3N3O2. The summed E-state index contributed by atoms with van der Waals surface area (Å²) >= 11 is 11.6. The largest absolute Gasteiger partial charge is 0.355 e. The smallest absolute Gasteiger partial charge is 0.251 e. The summed E-state index contributed by atoms with van der Waals surface area (Å²) in [4.78, 5) is 23.2. The monoisotopic (exact) mass is 353 g/mol. The molecule has 0 fully saturated rings. The topological polar surface area (TPSA) is 84.2 Å². The molecule has 21 heavy (non-hydrogen) atoms. The highest BCUT2D eigenvalue weighted by molar-refractivity contribution is 6.42. The third kappa shape index (κ3) is 7.52. The van der Waals surface area contributed by atoms with E-state index < -0.39 is 0 Å². The zero-order chi connectivity index (χ0) is 15.0. The first-order valence-corrected chi connectivity index (χ1v) is 7.00. The Hall–Kier alpha value is -1.01. The van der Waals surface area contributed by atoms with Gasteiger partial charge in [-0.25, -0.2) is 0 Å². The standard InChI is InChI=1S/C13H17Cl2N3O2.ClH/c14-10-4-3-9(7-11(10)15)13(20)18-8-12(19)17-6-2-1-5-16;/h3-4,7H,1-2,5-6,8,16H2,(H,17,19)(H,18,20);1H. The normalized spacial score (nSPS) is 9.67. The number of benzene rings is 1. The number of carbonyl (C=O) groups excluding carboxylic acids is 2. The van der Waals surface area contributed by atoms with Crippen LogP contribution in [0.4, 0.5) is 0 Å². The van der Waals surface area contributed by atoms with Crippen molar-refractivity contribution in [2.75, 3.05) is 19.6 Å². The summed E-state index contributed by atoms with van der Waals surface area (Å²) in [7, 11) is 0. The first-order chi connectivity index (χ1) is 9.54. The molecule has 0 radical (unpaired) electrons. The fraction of sp³-hybridized carbons (Fsp3) is 0.385. The van der Waals surface area contributed by atoms with Crippen LogP contribution in [0.25, 0.3) is 0 Å². The molecule has 1 rings (SSSR count). The predicted molar refractivity (Wildman–Crippen MR) is 87.3 cm³/mol. The Morgan fingerprint density at radius 1 is 1.10 bits per heavy atom. The third-order valence-corrected chi connectivity index (χ3v) is 3.28. The maximum absolute atomic E-state index is 11.8. The summed E-state index contributed by atoms with van der Waals surface area (Å²) in [5.74, 6) is -0.615. The van der Waals surface area contributed by atoms with Crippen LogP contribution in [0, 0.1) is 0 Å². The maximum atomic E-state index is 11.8. The molecule has 0 saturated heterocycles. The van der Waals surface area contributed by atoms with Crippen molar-refractivity contribution in [2.24, 2.45) is 5.73 Å². The number of hydrogen-bond donors (Lipinski definition) is 3. The molecule has 8 heteroatoms. The Bertz CT molecular complexity index is 484. The van der Waals surface area contributed by atoms with E-state index in [-0.39, 0.29) is 30.8 Å². The van der Waals surface area contributed by atoms with Gasteiger partial charge in [-0.3, -0.25) is 9.59 Å². The molecule has 1 aromatic rings. The Balaban J connectivity index is 0.00000400. The molecule has 0 saturated carbocycles. The highest BCUT2D eigenvalue weighted by Crippen LogP contribution is 2.22. The van der Waals surface area contributed by atoms with E-state index in [0.29, 0.717) is 28.7 Å². The van der Waals surface area contributed by atoms with Crippen molar-refractivity contribution in [1.29, 1.82) is 0 Å². The van der Waals surface area contributed by atoms with E-state index in [1.165, 1.54) is 12.1 Å². The first kappa shape index (κ1) is 20.0. The highest BCUT2D eigenvalue weighted by Gasteiger charge is 2.09. The van der Waals surface area contributed by atoms with Crippen LogP contribution in [0.15, 0.2) is 18.2 Å². The molecule has 0 aliphatic carbocycles. The number of rotatable bonds is 7. The van der Waals surface area contributed by atoms with E-state index in [1.54, 1.807) is 6.07 Å². The lowest BCUT2D eigenvalue weighted by atomic mass is 10.2. The lowest BCUT2D eigenvalue weighted by Crippen LogP contribution is -2.37. The highest BCUT2D eigenvalue weighted by atomic mass is 35.5. The quantitative estimate of drug-likeness (QED) is 0.655. The molecule has 1 aromatic carbocycles. The second-order valence-electron chi connectivity index (χ2n) is 4.16. The van der Waals surface area contributed by atoms with Crippen molar-refractivity contribution in [3.8, 4) is 0 Å². The lowest BCUT2D eigenvalue weighted by molar-refractivity contribution is -0.120. The van der Waals surface area contributed by atoms with Gasteiger partial charge in [0.1, 0.15) is 0 Å². The van der Waals surface area contributed by atoms with Crippen LogP contribution in [-0.2, 0) is 4.79 Å². The van der Waals surface area contributed by atoms with Crippen molar-refractivity contribution in [3.05, 3.63) is 33.8 Å². The zero-order valence-electron chi connectivity index (χ0n) is 11.3. The second kappa shape index (κ2) is 10.7. The van der Waals surface area contributed by atoms with Gasteiger partial charge in [0.25, 0.3) is 5.91 Å². The van der Waals surface area contributed by atoms with E-state index in [0.717, 1.165) is 12.8 Å². The fourth-order valence-electron chi connectivity index (χ4n) is 1.46. The Morgan fingerprint density at radius 2 is 1.81 bits per heavy atom. The molecule has 2 amide bonds. The number of carbonyl (C=O) groups is 2. The molecule has 0 bridgehead atoms. The van der Waals surface area contributed by atoms with Crippen molar-refractivity contribution in [3.63, 3.8) is 0 Å². The predicted octanol–water partition coefficient (Wildman–Crippen LogP) is 2.00. The molecule has 0 aliphatic rings. The minimum Gasteiger partial charge on any atom is -0.355 e. The third-order valence-electron chi connectivity index (χ3n) is 2.54. The SMILES string of the molecule is Cl.NCCCCNC(=O)CNC(=O)c1ccc(Cl)c(Cl)c1. The number of nitrogens with one attached hydrogen (secondary N) is 2. The van der Waals surface area contributed by atoms with Gasteiger partial charge >= 0.3 is 0 Å². The molecule has 0 aromatic heterocycles. The van der Waals surface area contributed by atoms with Gasteiger partial charge < -0.3 is 16.4 Å². The summed E-state index contributed by atoms with van der Waals surface area (Å²) in [6, 6.07) is 4.53. The molecule has 4 N–H and O–H groups in total. The number of amides is 2. The first-order valence-electron chi connectivity index (χ1n) is 6.24. The summed E-state index contributed by atoms with van der Waals surface area (Å²) in [6.07, 6.45) is 1.68. The Labute approximate surface area is 140 Å². The van der Waals surface area contributed by atoms with Gasteiger partial charge in [0, 0.05) is 12.1 Å². The molecule has 118 valence electrons. The summed E-state index contributed by atoms with van der Waals surface area (Å²) in [5, 5.41) is 5.87. The minimum atomic E-state index is -0.374. The zero-order valence-corrected chi connectivity index (χ0v) is 13.7. The maximum Gasteiger partial charge on any atom is 0.251 e. The molecule has 0 atom stereocenters. The van der Waals surface area contributed by atoms with Gasteiger partial charge in [-0.1, -0.05) is 23.2 Å². The molecule has 0 heterocycles. The van der Waals surface area contributed by atoms with Crippen LogP contribution < -0.4 is 16.4 Å². The van der Waals surface area contributed by atoms with Gasteiger partial charge in [-0.05, 0) is 37.6 Å². The van der Waals surface area contributed by atoms with Crippen molar-refractivity contribution in [2.45, 2.75) is 12.8 Å². The van der Waals surface area contributed by atoms with E-state index in [1.807, 2.05) is 0 Å². The van der Waals surface area contributed by atoms with Crippen molar-refractivity contribution < 1.29 is 9.59 Å². The van der Waals surface area contributed by atoms with Gasteiger partial charge in [0.15, 0.2) is 0 Å². The molecule has 5 nitrogen and oxygen atoms in total. The number of hydrogen-bond acceptors (Lipinski definition) is 3. The van der Waals surface area contributed by atoms with Crippen LogP contribution in [-0.4, -0.2) is 31.4 Å². The van der Waals surface area contributed by atoms with Crippen LogP contribution in [0.3, 0.4) is 0 Å². The number of halogens is 3. The van der Waals surface area contributed by atoms with Gasteiger partial charge in [-0.2, -0.15) is 0 Å². The van der Waals surface area contributed by atoms with E-state index in [9.17, 15) is 9.59 Å². The summed E-state index contributed by atoms with van der Waals surface area (Å²) in [6.45, 7) is 1.07. The van der Waals surface area contributed by atoms with Crippen molar-refractivity contribution in [1.82, 2.24) is 10.6 Å². The van der Waals surface area contributed by atoms with Crippen LogP contribution in [0.5, 0.6) is 0 Å². The average Bonchev–Trinajstić information content (AvgIpc) is 2.44. The van der Waals surface area contributed by atoms with E-state index >= 15 is 0 Å². The van der Waals surface area contributed by atoms with Crippen molar-refractivity contribution >= 4 is 47.4 Å². The average molecular weight is 355 g/mol. The van der Waals surface area contributed by atoms with Crippen LogP contribution in [0.1, 0.15) is 23.2 Å².